The van der Waals surface area contributed by atoms with Gasteiger partial charge in [-0.05, 0) is 102 Å². The van der Waals surface area contributed by atoms with Crippen LogP contribution in [0.3, 0.4) is 0 Å². The zero-order chi connectivity index (χ0) is 35.7. The molecule has 5 aliphatic rings. The van der Waals surface area contributed by atoms with Crippen LogP contribution in [0.2, 0.25) is 0 Å². The van der Waals surface area contributed by atoms with Gasteiger partial charge in [0.1, 0.15) is 0 Å². The fourth-order valence-electron chi connectivity index (χ4n) is 9.40. The quantitative estimate of drug-likeness (QED) is 0.115. The molecule has 8 nitrogen and oxygen atoms in total. The Balaban J connectivity index is 0.931. The lowest BCUT2D eigenvalue weighted by molar-refractivity contribution is -0.245. The number of ether oxygens (including phenoxy) is 2. The van der Waals surface area contributed by atoms with Gasteiger partial charge in [-0.15, -0.1) is 11.8 Å². The second kappa shape index (κ2) is 15.1. The summed E-state index contributed by atoms with van der Waals surface area (Å²) in [6, 6.07) is 31.3. The fraction of sp³-hybridized carbons (Fsp3) is 0.395. The second-order valence-electron chi connectivity index (χ2n) is 15.3. The summed E-state index contributed by atoms with van der Waals surface area (Å²) < 4.78 is 13.1. The van der Waals surface area contributed by atoms with Gasteiger partial charge in [-0.2, -0.15) is 0 Å². The van der Waals surface area contributed by atoms with Gasteiger partial charge in [0, 0.05) is 34.7 Å². The van der Waals surface area contributed by atoms with Gasteiger partial charge in [0.15, 0.2) is 6.29 Å². The second-order valence-corrected chi connectivity index (χ2v) is 16.4. The number of urea groups is 1. The van der Waals surface area contributed by atoms with Crippen LogP contribution in [0.1, 0.15) is 90.0 Å². The monoisotopic (exact) mass is 718 g/mol. The highest BCUT2D eigenvalue weighted by molar-refractivity contribution is 7.99. The summed E-state index contributed by atoms with van der Waals surface area (Å²) in [4.78, 5) is 25.6. The summed E-state index contributed by atoms with van der Waals surface area (Å²) in [5.41, 5.74) is 6.15. The molecule has 9 rings (SSSR count). The predicted octanol–water partition coefficient (Wildman–Crippen LogP) is 8.65. The summed E-state index contributed by atoms with van der Waals surface area (Å²) in [5, 5.41) is 25.8. The Morgan fingerprint density at radius 3 is 2.13 bits per heavy atom. The first kappa shape index (κ1) is 34.9. The molecule has 1 heterocycles. The maximum absolute atomic E-state index is 13.1. The number of aliphatic hydroxyl groups excluding tert-OH is 1. The van der Waals surface area contributed by atoms with Crippen molar-refractivity contribution in [2.24, 2.45) is 17.8 Å². The van der Waals surface area contributed by atoms with Crippen LogP contribution >= 0.6 is 11.8 Å². The number of nitrogens with one attached hydrogen (secondary N) is 2. The van der Waals surface area contributed by atoms with Crippen molar-refractivity contribution < 1.29 is 29.3 Å². The van der Waals surface area contributed by atoms with Crippen LogP contribution in [0.5, 0.6) is 0 Å². The summed E-state index contributed by atoms with van der Waals surface area (Å²) >= 11 is 1.48. The Labute approximate surface area is 309 Å². The van der Waals surface area contributed by atoms with E-state index >= 15 is 0 Å². The molecule has 5 fully saturated rings. The minimum Gasteiger partial charge on any atom is -0.478 e. The van der Waals surface area contributed by atoms with Gasteiger partial charge in [-0.3, -0.25) is 0 Å². The third-order valence-corrected chi connectivity index (χ3v) is 12.7. The molecule has 4 aliphatic carbocycles. The van der Waals surface area contributed by atoms with E-state index in [2.05, 4.69) is 34.9 Å². The number of carbonyl (C=O) groups excluding carboxylic acids is 1. The number of carboxylic acids is 1. The van der Waals surface area contributed by atoms with Crippen LogP contribution in [-0.4, -0.2) is 39.6 Å². The molecular formula is C43H46N2O6S. The Morgan fingerprint density at radius 2 is 1.44 bits per heavy atom. The first-order valence-electron chi connectivity index (χ1n) is 18.5. The topological polar surface area (TPSA) is 117 Å². The number of hydrogen-bond acceptors (Lipinski definition) is 6. The van der Waals surface area contributed by atoms with E-state index in [1.807, 2.05) is 60.7 Å². The molecule has 3 unspecified atom stereocenters. The zero-order valence-electron chi connectivity index (χ0n) is 29.2. The number of aliphatic hydroxyl groups is 1. The Kier molecular flexibility index (Phi) is 10.1. The van der Waals surface area contributed by atoms with E-state index in [1.165, 1.54) is 31.0 Å². The van der Waals surface area contributed by atoms with Gasteiger partial charge in [-0.1, -0.05) is 78.9 Å². The maximum Gasteiger partial charge on any atom is 0.336 e. The molecule has 0 radical (unpaired) electrons. The van der Waals surface area contributed by atoms with Crippen molar-refractivity contribution in [2.45, 2.75) is 87.0 Å². The lowest BCUT2D eigenvalue weighted by Gasteiger charge is -2.56. The van der Waals surface area contributed by atoms with Crippen LogP contribution in [0.4, 0.5) is 4.79 Å². The zero-order valence-corrected chi connectivity index (χ0v) is 30.0. The average molecular weight is 719 g/mol. The Morgan fingerprint density at radius 1 is 0.750 bits per heavy atom. The molecule has 2 amide bonds. The molecular weight excluding hydrogens is 673 g/mol. The van der Waals surface area contributed by atoms with Crippen LogP contribution < -0.4 is 10.6 Å². The van der Waals surface area contributed by atoms with Gasteiger partial charge >= 0.3 is 12.0 Å². The molecule has 1 saturated heterocycles. The van der Waals surface area contributed by atoms with Crippen molar-refractivity contribution in [2.75, 3.05) is 5.75 Å². The fourth-order valence-corrected chi connectivity index (χ4v) is 10.5. The number of carbonyl (C=O) groups is 2. The molecule has 3 atom stereocenters. The van der Waals surface area contributed by atoms with E-state index in [-0.39, 0.29) is 35.9 Å². The molecule has 270 valence electrons. The molecule has 52 heavy (non-hydrogen) atoms. The van der Waals surface area contributed by atoms with Gasteiger partial charge in [0.25, 0.3) is 0 Å². The molecule has 4 saturated carbocycles. The van der Waals surface area contributed by atoms with Gasteiger partial charge in [0.2, 0.25) is 0 Å². The number of rotatable bonds is 11. The van der Waals surface area contributed by atoms with Crippen molar-refractivity contribution >= 4 is 23.8 Å². The van der Waals surface area contributed by atoms with Crippen LogP contribution in [-0.2, 0) is 22.6 Å². The summed E-state index contributed by atoms with van der Waals surface area (Å²) in [6.45, 7) is 0.438. The number of aromatic carboxylic acids is 1. The molecule has 4 bridgehead atoms. The van der Waals surface area contributed by atoms with Crippen molar-refractivity contribution in [1.29, 1.82) is 0 Å². The average Bonchev–Trinajstić information content (AvgIpc) is 3.16. The Hall–Kier alpha value is -4.15. The molecule has 4 aromatic carbocycles. The van der Waals surface area contributed by atoms with E-state index in [0.29, 0.717) is 23.6 Å². The van der Waals surface area contributed by atoms with Gasteiger partial charge in [0.05, 0.1) is 24.4 Å². The van der Waals surface area contributed by atoms with Crippen LogP contribution in [0.15, 0.2) is 102 Å². The molecule has 4 N–H and O–H groups in total. The lowest BCUT2D eigenvalue weighted by atomic mass is 9.53. The number of thioether (sulfide) groups is 1. The minimum absolute atomic E-state index is 0.0105. The molecule has 9 heteroatoms. The highest BCUT2D eigenvalue weighted by Gasteiger charge is 2.51. The lowest BCUT2D eigenvalue weighted by Crippen LogP contribution is -2.61. The predicted molar refractivity (Wildman–Crippen MR) is 201 cm³/mol. The van der Waals surface area contributed by atoms with Crippen LogP contribution in [0, 0.1) is 17.8 Å². The highest BCUT2D eigenvalue weighted by atomic mass is 32.2. The van der Waals surface area contributed by atoms with E-state index in [0.717, 1.165) is 70.4 Å². The third kappa shape index (κ3) is 7.78. The van der Waals surface area contributed by atoms with E-state index in [1.54, 1.807) is 12.1 Å². The SMILES string of the molecule is O=C(NCc1cccc(-c2ccc(C3OC(CSc4ccccc4C(=O)O)CC(c4ccc(CO)cc4)O3)cc2)c1)NC12CC3CC(CC(C3)C1)C2. The van der Waals surface area contributed by atoms with Gasteiger partial charge < -0.3 is 30.3 Å². The van der Waals surface area contributed by atoms with Crippen molar-refractivity contribution in [1.82, 2.24) is 10.6 Å². The number of benzene rings is 4. The van der Waals surface area contributed by atoms with E-state index < -0.39 is 12.3 Å². The van der Waals surface area contributed by atoms with Crippen molar-refractivity contribution in [3.05, 3.63) is 125 Å². The standard InChI is InChI=1S/C43H46N2O6S/c46-25-27-8-10-33(11-9-27)38-20-36(26-52-39-7-2-1-6-37(39)40(47)48)50-41(51-38)34-14-12-32(13-15-34)35-5-3-4-28(19-35)24-44-42(49)45-43-21-29-16-30(22-43)18-31(17-29)23-43/h1-15,19,29-31,36,38,41,46H,16-18,20-26H2,(H,47,48)(H2,44,45,49). The molecule has 1 aliphatic heterocycles. The summed E-state index contributed by atoms with van der Waals surface area (Å²) in [6.07, 6.45) is 7.00. The normalized spacial score (nSPS) is 27.6. The largest absolute Gasteiger partial charge is 0.478 e. The maximum atomic E-state index is 13.1. The third-order valence-electron chi connectivity index (χ3n) is 11.5. The summed E-state index contributed by atoms with van der Waals surface area (Å²) in [5.74, 6) is 1.97. The van der Waals surface area contributed by atoms with Gasteiger partial charge in [-0.25, -0.2) is 9.59 Å². The molecule has 4 aromatic rings. The summed E-state index contributed by atoms with van der Waals surface area (Å²) in [7, 11) is 0. The Bertz CT molecular complexity index is 1860. The first-order chi connectivity index (χ1) is 25.3. The molecule has 0 spiro atoms. The van der Waals surface area contributed by atoms with Crippen molar-refractivity contribution in [3.63, 3.8) is 0 Å². The first-order valence-corrected chi connectivity index (χ1v) is 19.5. The van der Waals surface area contributed by atoms with E-state index in [4.69, 9.17) is 9.47 Å². The van der Waals surface area contributed by atoms with Crippen molar-refractivity contribution in [3.8, 4) is 11.1 Å². The molecule has 0 aromatic heterocycles. The smallest absolute Gasteiger partial charge is 0.336 e. The van der Waals surface area contributed by atoms with E-state index in [9.17, 15) is 19.8 Å². The number of carboxylic acid groups (broad SMARTS) is 1. The number of amides is 2. The number of hydrogen-bond donors (Lipinski definition) is 4. The highest BCUT2D eigenvalue weighted by Crippen LogP contribution is 2.55. The minimum atomic E-state index is -0.949. The van der Waals surface area contributed by atoms with Crippen LogP contribution in [0.25, 0.3) is 11.1 Å².